The Hall–Kier alpha value is -2.82. The molecule has 0 aliphatic carbocycles. The van der Waals surface area contributed by atoms with E-state index in [2.05, 4.69) is 15.0 Å². The number of nitrogens with one attached hydrogen (secondary N) is 2. The molecule has 32 heavy (non-hydrogen) atoms. The maximum Gasteiger partial charge on any atom is 0.291 e. The van der Waals surface area contributed by atoms with E-state index in [-0.39, 0.29) is 5.76 Å². The van der Waals surface area contributed by atoms with Crippen molar-refractivity contribution in [3.8, 4) is 0 Å². The molecule has 0 aliphatic rings. The molecule has 2 aromatic carbocycles. The second-order valence-electron chi connectivity index (χ2n) is 7.31. The van der Waals surface area contributed by atoms with Gasteiger partial charge >= 0.3 is 0 Å². The van der Waals surface area contributed by atoms with E-state index in [1.165, 1.54) is 0 Å². The zero-order valence-corrected chi connectivity index (χ0v) is 20.1. The number of benzene rings is 2. The third kappa shape index (κ3) is 5.14. The van der Waals surface area contributed by atoms with Crippen molar-refractivity contribution in [2.75, 3.05) is 16.3 Å². The summed E-state index contributed by atoms with van der Waals surface area (Å²) in [5.74, 6) is 0.355. The summed E-state index contributed by atoms with van der Waals surface area (Å²) < 4.78 is 32.5. The number of anilines is 2. The summed E-state index contributed by atoms with van der Waals surface area (Å²) in [7, 11) is -3.44. The summed E-state index contributed by atoms with van der Waals surface area (Å²) in [5.41, 5.74) is 3.99. The lowest BCUT2D eigenvalue weighted by Crippen LogP contribution is -2.14. The molecule has 0 spiro atoms. The molecule has 4 rings (SSSR count). The van der Waals surface area contributed by atoms with Crippen molar-refractivity contribution in [2.45, 2.75) is 23.9 Å². The zero-order chi connectivity index (χ0) is 22.9. The van der Waals surface area contributed by atoms with Crippen LogP contribution in [0.3, 0.4) is 0 Å². The maximum absolute atomic E-state index is 13.1. The average molecular weight is 488 g/mol. The highest BCUT2D eigenvalue weighted by atomic mass is 32.2. The lowest BCUT2D eigenvalue weighted by Gasteiger charge is -2.11. The van der Waals surface area contributed by atoms with Gasteiger partial charge in [0.2, 0.25) is 10.0 Å². The van der Waals surface area contributed by atoms with Crippen molar-refractivity contribution >= 4 is 61.4 Å². The predicted octanol–water partition coefficient (Wildman–Crippen LogP) is 5.42. The van der Waals surface area contributed by atoms with Crippen LogP contribution in [-0.4, -0.2) is 25.6 Å². The highest BCUT2D eigenvalue weighted by molar-refractivity contribution is 8.00. The van der Waals surface area contributed by atoms with Crippen molar-refractivity contribution in [3.05, 3.63) is 70.4 Å². The number of furan rings is 1. The minimum atomic E-state index is -3.44. The smallest absolute Gasteiger partial charge is 0.291 e. The summed E-state index contributed by atoms with van der Waals surface area (Å²) in [6.07, 6.45) is 1.08. The van der Waals surface area contributed by atoms with Crippen LogP contribution in [0.4, 0.5) is 11.4 Å². The fourth-order valence-electron chi connectivity index (χ4n) is 3.16. The molecule has 0 unspecified atom stereocenters. The number of fused-ring (bicyclic) bond motifs is 1. The number of hydrogen-bond acceptors (Lipinski definition) is 7. The lowest BCUT2D eigenvalue weighted by molar-refractivity contribution is 0.0998. The van der Waals surface area contributed by atoms with Gasteiger partial charge in [0.05, 0.1) is 11.9 Å². The monoisotopic (exact) mass is 487 g/mol. The van der Waals surface area contributed by atoms with Gasteiger partial charge in [-0.2, -0.15) is 0 Å². The number of rotatable bonds is 7. The van der Waals surface area contributed by atoms with E-state index in [0.29, 0.717) is 22.7 Å². The summed E-state index contributed by atoms with van der Waals surface area (Å²) >= 11 is 3.12. The van der Waals surface area contributed by atoms with Crippen LogP contribution in [0.1, 0.15) is 27.4 Å². The van der Waals surface area contributed by atoms with Crippen molar-refractivity contribution < 1.29 is 17.6 Å². The van der Waals surface area contributed by atoms with E-state index < -0.39 is 15.9 Å². The predicted molar refractivity (Wildman–Crippen MR) is 130 cm³/mol. The molecule has 7 nitrogen and oxygen atoms in total. The number of thiazole rings is 1. The Labute approximate surface area is 194 Å². The number of aromatic nitrogens is 1. The zero-order valence-electron chi connectivity index (χ0n) is 17.6. The Kier molecular flexibility index (Phi) is 6.27. The van der Waals surface area contributed by atoms with E-state index in [0.717, 1.165) is 32.8 Å². The summed E-state index contributed by atoms with van der Waals surface area (Å²) in [6, 6.07) is 12.6. The summed E-state index contributed by atoms with van der Waals surface area (Å²) in [6.45, 7) is 3.73. The van der Waals surface area contributed by atoms with Crippen LogP contribution in [0.2, 0.25) is 0 Å². The van der Waals surface area contributed by atoms with Gasteiger partial charge in [-0.3, -0.25) is 9.52 Å². The SMILES string of the molecule is Cc1csc(SCc2c(C(=O)Nc3ccc(C)c(NS(C)(=O)=O)c3)oc3ccccc23)n1. The number of hydrogen-bond donors (Lipinski definition) is 2. The third-order valence-corrected chi connectivity index (χ3v) is 7.39. The van der Waals surface area contributed by atoms with Gasteiger partial charge in [0.15, 0.2) is 5.76 Å². The Bertz CT molecular complexity index is 1410. The number of carbonyl (C=O) groups excluding carboxylic acids is 1. The average Bonchev–Trinajstić information content (AvgIpc) is 3.31. The van der Waals surface area contributed by atoms with E-state index in [9.17, 15) is 13.2 Å². The topological polar surface area (TPSA) is 101 Å². The number of nitrogens with zero attached hydrogens (tertiary/aromatic N) is 1. The van der Waals surface area contributed by atoms with Crippen LogP contribution in [0.25, 0.3) is 11.0 Å². The van der Waals surface area contributed by atoms with E-state index in [1.807, 2.05) is 36.6 Å². The number of aryl methyl sites for hydroxylation is 2. The van der Waals surface area contributed by atoms with E-state index >= 15 is 0 Å². The largest absolute Gasteiger partial charge is 0.451 e. The molecule has 4 aromatic rings. The molecule has 0 saturated carbocycles. The molecule has 0 fully saturated rings. The van der Waals surface area contributed by atoms with Gasteiger partial charge in [-0.15, -0.1) is 11.3 Å². The van der Waals surface area contributed by atoms with E-state index in [4.69, 9.17) is 4.42 Å². The highest BCUT2D eigenvalue weighted by Crippen LogP contribution is 2.34. The molecule has 0 saturated heterocycles. The number of para-hydroxylation sites is 1. The van der Waals surface area contributed by atoms with Crippen LogP contribution in [0, 0.1) is 13.8 Å². The molecule has 0 atom stereocenters. The molecule has 0 aliphatic heterocycles. The van der Waals surface area contributed by atoms with Gasteiger partial charge in [-0.25, -0.2) is 13.4 Å². The van der Waals surface area contributed by atoms with Crippen molar-refractivity contribution in [1.82, 2.24) is 4.98 Å². The fraction of sp³-hybridized carbons (Fsp3) is 0.182. The molecular formula is C22H21N3O4S3. The van der Waals surface area contributed by atoms with Crippen LogP contribution in [-0.2, 0) is 15.8 Å². The van der Waals surface area contributed by atoms with Gasteiger partial charge in [0, 0.05) is 33.5 Å². The van der Waals surface area contributed by atoms with Gasteiger partial charge in [-0.1, -0.05) is 36.0 Å². The van der Waals surface area contributed by atoms with Crippen LogP contribution in [0.15, 0.2) is 56.6 Å². The second kappa shape index (κ2) is 8.97. The fourth-order valence-corrected chi connectivity index (χ4v) is 5.65. The highest BCUT2D eigenvalue weighted by Gasteiger charge is 2.21. The standard InChI is InChI=1S/C22H21N3O4S3/c1-13-8-9-15(10-18(13)25-32(3,27)28)24-21(26)20-17(12-31-22-23-14(2)11-30-22)16-6-4-5-7-19(16)29-20/h4-11,25H,12H2,1-3H3,(H,24,26). The van der Waals surface area contributed by atoms with Gasteiger partial charge in [0.1, 0.15) is 9.92 Å². The van der Waals surface area contributed by atoms with Gasteiger partial charge in [-0.05, 0) is 37.6 Å². The van der Waals surface area contributed by atoms with Crippen molar-refractivity contribution in [2.24, 2.45) is 0 Å². The quantitative estimate of drug-likeness (QED) is 0.338. The first-order valence-corrected chi connectivity index (χ1v) is 13.4. The minimum Gasteiger partial charge on any atom is -0.451 e. The Morgan fingerprint density at radius 2 is 1.97 bits per heavy atom. The third-order valence-electron chi connectivity index (χ3n) is 4.63. The first-order chi connectivity index (χ1) is 15.2. The Morgan fingerprint density at radius 3 is 2.69 bits per heavy atom. The number of sulfonamides is 1. The number of amides is 1. The number of carbonyl (C=O) groups is 1. The normalized spacial score (nSPS) is 11.6. The molecule has 1 amide bonds. The Morgan fingerprint density at radius 1 is 1.19 bits per heavy atom. The molecule has 2 aromatic heterocycles. The first kappa shape index (κ1) is 22.4. The molecular weight excluding hydrogens is 466 g/mol. The molecule has 0 radical (unpaired) electrons. The minimum absolute atomic E-state index is 0.227. The molecule has 166 valence electrons. The van der Waals surface area contributed by atoms with Crippen LogP contribution < -0.4 is 10.0 Å². The molecule has 0 bridgehead atoms. The maximum atomic E-state index is 13.1. The first-order valence-electron chi connectivity index (χ1n) is 9.65. The van der Waals surface area contributed by atoms with Gasteiger partial charge < -0.3 is 9.73 Å². The summed E-state index contributed by atoms with van der Waals surface area (Å²) in [4.78, 5) is 17.6. The lowest BCUT2D eigenvalue weighted by atomic mass is 10.1. The van der Waals surface area contributed by atoms with Crippen molar-refractivity contribution in [3.63, 3.8) is 0 Å². The molecule has 2 N–H and O–H groups in total. The van der Waals surface area contributed by atoms with Crippen LogP contribution >= 0.6 is 23.1 Å². The molecule has 2 heterocycles. The van der Waals surface area contributed by atoms with Crippen molar-refractivity contribution in [1.29, 1.82) is 0 Å². The second-order valence-corrected chi connectivity index (χ2v) is 11.1. The van der Waals surface area contributed by atoms with E-state index in [1.54, 1.807) is 48.2 Å². The summed E-state index contributed by atoms with van der Waals surface area (Å²) in [5, 5.41) is 5.69. The molecule has 10 heteroatoms. The number of thioether (sulfide) groups is 1. The van der Waals surface area contributed by atoms with Crippen LogP contribution in [0.5, 0.6) is 0 Å². The van der Waals surface area contributed by atoms with Gasteiger partial charge in [0.25, 0.3) is 5.91 Å². The Balaban J connectivity index is 1.63.